The first-order chi connectivity index (χ1) is 17.9. The van der Waals surface area contributed by atoms with Crippen LogP contribution in [0.25, 0.3) is 22.5 Å². The highest BCUT2D eigenvalue weighted by Gasteiger charge is 2.61. The number of aromatic nitrogens is 1. The number of epoxide rings is 1. The molecule has 3 aromatic carbocycles. The highest BCUT2D eigenvalue weighted by Crippen LogP contribution is 2.57. The molecule has 1 saturated heterocycles. The summed E-state index contributed by atoms with van der Waals surface area (Å²) in [6.45, 7) is 4.13. The number of rotatable bonds is 9. The first-order valence-electron chi connectivity index (χ1n) is 13.0. The second-order valence-corrected chi connectivity index (χ2v) is 10.8. The van der Waals surface area contributed by atoms with E-state index >= 15 is 0 Å². The summed E-state index contributed by atoms with van der Waals surface area (Å²) in [7, 11) is 0. The topological polar surface area (TPSA) is 70.8 Å². The van der Waals surface area contributed by atoms with E-state index in [0.717, 1.165) is 70.1 Å². The summed E-state index contributed by atoms with van der Waals surface area (Å²) >= 11 is 6.33. The summed E-state index contributed by atoms with van der Waals surface area (Å²) in [5, 5.41) is 18.4. The third-order valence-electron chi connectivity index (χ3n) is 7.80. The molecule has 5 nitrogen and oxygen atoms in total. The number of nitrogens with zero attached hydrogens (tertiary/aromatic N) is 1. The molecule has 6 rings (SSSR count). The molecule has 190 valence electrons. The average Bonchev–Trinajstić information content (AvgIpc) is 3.83. The van der Waals surface area contributed by atoms with E-state index in [-0.39, 0.29) is 17.6 Å². The molecule has 0 amide bonds. The van der Waals surface area contributed by atoms with Gasteiger partial charge in [0.2, 0.25) is 0 Å². The number of ether oxygens (including phenoxy) is 1. The molecular weight excluding hydrogens is 484 g/mol. The quantitative estimate of drug-likeness (QED) is 0.232. The summed E-state index contributed by atoms with van der Waals surface area (Å²) in [4.78, 5) is 0. The Kier molecular flexibility index (Phi) is 6.31. The van der Waals surface area contributed by atoms with Gasteiger partial charge in [0, 0.05) is 22.0 Å². The van der Waals surface area contributed by atoms with Crippen molar-refractivity contribution in [1.29, 1.82) is 0 Å². The van der Waals surface area contributed by atoms with Crippen LogP contribution in [0.15, 0.2) is 77.3 Å². The molecule has 6 heteroatoms. The Morgan fingerprint density at radius 3 is 2.24 bits per heavy atom. The third kappa shape index (κ3) is 4.79. The summed E-state index contributed by atoms with van der Waals surface area (Å²) in [6.07, 6.45) is 3.36. The van der Waals surface area contributed by atoms with E-state index in [1.165, 1.54) is 5.56 Å². The molecule has 1 saturated carbocycles. The number of nitrogens with one attached hydrogen (secondary N) is 1. The molecule has 37 heavy (non-hydrogen) atoms. The number of aliphatic hydroxyl groups excluding tert-OH is 1. The van der Waals surface area contributed by atoms with Crippen molar-refractivity contribution in [2.45, 2.75) is 63.4 Å². The highest BCUT2D eigenvalue weighted by molar-refractivity contribution is 6.31. The van der Waals surface area contributed by atoms with Crippen molar-refractivity contribution in [2.24, 2.45) is 0 Å². The maximum absolute atomic E-state index is 9.73. The second-order valence-electron chi connectivity index (χ2n) is 10.4. The summed E-state index contributed by atoms with van der Waals surface area (Å²) in [5.74, 6) is 0.752. The predicted molar refractivity (Wildman–Crippen MR) is 147 cm³/mol. The molecule has 0 spiro atoms. The Hall–Kier alpha value is -3.12. The molecule has 1 aliphatic heterocycles. The molecular formula is C31H31ClN2O3. The Morgan fingerprint density at radius 1 is 1.00 bits per heavy atom. The maximum atomic E-state index is 9.73. The van der Waals surface area contributed by atoms with Gasteiger partial charge in [-0.05, 0) is 67.9 Å². The number of hydrogen-bond acceptors (Lipinski definition) is 5. The van der Waals surface area contributed by atoms with Gasteiger partial charge in [-0.25, -0.2) is 0 Å². The number of aryl methyl sites for hydroxylation is 2. The standard InChI is InChI=1S/C31H31ClN2O3/c1-19(7-8-23-5-3-4-6-26(23)32)33-27-20(2)34-37-28(27)24-11-9-21(10-12-24)22-13-15-25(16-14-22)31(17-18-31)29-30(35)36-29/h3-6,9-16,19,29-30,33,35H,7-8,17-18H2,1-2H3. The van der Waals surface area contributed by atoms with E-state index in [0.29, 0.717) is 0 Å². The highest BCUT2D eigenvalue weighted by atomic mass is 35.5. The first-order valence-corrected chi connectivity index (χ1v) is 13.3. The van der Waals surface area contributed by atoms with Crippen molar-refractivity contribution in [3.63, 3.8) is 0 Å². The lowest BCUT2D eigenvalue weighted by molar-refractivity contribution is 0.155. The fourth-order valence-corrected chi connectivity index (χ4v) is 5.55. The zero-order chi connectivity index (χ0) is 25.6. The molecule has 0 bridgehead atoms. The van der Waals surface area contributed by atoms with Gasteiger partial charge < -0.3 is 19.7 Å². The molecule has 4 aromatic rings. The van der Waals surface area contributed by atoms with Gasteiger partial charge in [0.25, 0.3) is 0 Å². The van der Waals surface area contributed by atoms with Gasteiger partial charge in [-0.1, -0.05) is 83.5 Å². The van der Waals surface area contributed by atoms with Crippen LogP contribution >= 0.6 is 11.6 Å². The van der Waals surface area contributed by atoms with Crippen LogP contribution in [0.5, 0.6) is 0 Å². The number of benzene rings is 3. The zero-order valence-corrected chi connectivity index (χ0v) is 21.8. The summed E-state index contributed by atoms with van der Waals surface area (Å²) < 4.78 is 11.1. The molecule has 2 heterocycles. The van der Waals surface area contributed by atoms with E-state index in [4.69, 9.17) is 20.9 Å². The lowest BCUT2D eigenvalue weighted by Crippen LogP contribution is -2.16. The Balaban J connectivity index is 1.14. The Morgan fingerprint density at radius 2 is 1.62 bits per heavy atom. The van der Waals surface area contributed by atoms with E-state index in [1.807, 2.05) is 25.1 Å². The van der Waals surface area contributed by atoms with Crippen molar-refractivity contribution < 1.29 is 14.4 Å². The molecule has 1 aromatic heterocycles. The van der Waals surface area contributed by atoms with E-state index < -0.39 is 6.29 Å². The van der Waals surface area contributed by atoms with E-state index in [2.05, 4.69) is 72.0 Å². The van der Waals surface area contributed by atoms with Crippen LogP contribution in [0.1, 0.15) is 43.0 Å². The van der Waals surface area contributed by atoms with Crippen molar-refractivity contribution in [2.75, 3.05) is 5.32 Å². The van der Waals surface area contributed by atoms with Crippen LogP contribution in [0.2, 0.25) is 5.02 Å². The average molecular weight is 515 g/mol. The summed E-state index contributed by atoms with van der Waals surface area (Å²) in [5.41, 5.74) is 7.49. The lowest BCUT2D eigenvalue weighted by Gasteiger charge is -2.16. The van der Waals surface area contributed by atoms with Gasteiger partial charge in [-0.15, -0.1) is 0 Å². The number of anilines is 1. The predicted octanol–water partition coefficient (Wildman–Crippen LogP) is 7.15. The molecule has 0 radical (unpaired) electrons. The molecule has 3 atom stereocenters. The van der Waals surface area contributed by atoms with Crippen LogP contribution in [0.4, 0.5) is 5.69 Å². The van der Waals surface area contributed by atoms with Crippen LogP contribution < -0.4 is 5.32 Å². The minimum atomic E-state index is -0.598. The van der Waals surface area contributed by atoms with Crippen molar-refractivity contribution in [3.8, 4) is 22.5 Å². The fraction of sp³-hybridized carbons (Fsp3) is 0.323. The molecule has 2 N–H and O–H groups in total. The van der Waals surface area contributed by atoms with Crippen molar-refractivity contribution in [3.05, 3.63) is 94.6 Å². The molecule has 1 aliphatic carbocycles. The largest absolute Gasteiger partial charge is 0.378 e. The van der Waals surface area contributed by atoms with Crippen molar-refractivity contribution in [1.82, 2.24) is 5.16 Å². The summed E-state index contributed by atoms with van der Waals surface area (Å²) in [6, 6.07) is 25.3. The smallest absolute Gasteiger partial charge is 0.190 e. The number of aliphatic hydroxyl groups is 1. The molecule has 3 unspecified atom stereocenters. The third-order valence-corrected chi connectivity index (χ3v) is 8.17. The van der Waals surface area contributed by atoms with Gasteiger partial charge in [0.1, 0.15) is 17.5 Å². The van der Waals surface area contributed by atoms with Gasteiger partial charge in [0.05, 0.1) is 0 Å². The van der Waals surface area contributed by atoms with Gasteiger partial charge in [-0.2, -0.15) is 0 Å². The first kappa shape index (κ1) is 24.2. The van der Waals surface area contributed by atoms with Gasteiger partial charge >= 0.3 is 0 Å². The van der Waals surface area contributed by atoms with E-state index in [1.54, 1.807) is 0 Å². The maximum Gasteiger partial charge on any atom is 0.190 e. The van der Waals surface area contributed by atoms with Crippen LogP contribution in [0.3, 0.4) is 0 Å². The zero-order valence-electron chi connectivity index (χ0n) is 21.1. The second kappa shape index (κ2) is 9.64. The monoisotopic (exact) mass is 514 g/mol. The van der Waals surface area contributed by atoms with Crippen LogP contribution in [-0.2, 0) is 16.6 Å². The minimum Gasteiger partial charge on any atom is -0.378 e. The molecule has 2 aliphatic rings. The van der Waals surface area contributed by atoms with Gasteiger partial charge in [-0.3, -0.25) is 0 Å². The number of hydrogen-bond donors (Lipinski definition) is 2. The fourth-order valence-electron chi connectivity index (χ4n) is 5.32. The van der Waals surface area contributed by atoms with Crippen LogP contribution in [-0.4, -0.2) is 28.7 Å². The number of halogens is 1. The lowest BCUT2D eigenvalue weighted by atomic mass is 9.90. The van der Waals surface area contributed by atoms with Crippen LogP contribution in [0, 0.1) is 6.92 Å². The normalized spacial score (nSPS) is 20.4. The SMILES string of the molecule is Cc1noc(-c2ccc(-c3ccc(C4(C5OC5O)CC4)cc3)cc2)c1NC(C)CCc1ccccc1Cl. The van der Waals surface area contributed by atoms with Gasteiger partial charge in [0.15, 0.2) is 12.1 Å². The van der Waals surface area contributed by atoms with Crippen molar-refractivity contribution >= 4 is 17.3 Å². The minimum absolute atomic E-state index is 0.0137. The Bertz CT molecular complexity index is 1390. The van der Waals surface area contributed by atoms with E-state index in [9.17, 15) is 5.11 Å². The Labute approximate surface area is 222 Å². The molecule has 2 fully saturated rings.